The van der Waals surface area contributed by atoms with Crippen molar-refractivity contribution in [3.8, 4) is 0 Å². The smallest absolute Gasteiger partial charge is 0.00165 e. The molecule has 1 saturated carbocycles. The molecule has 1 heteroatoms. The van der Waals surface area contributed by atoms with Crippen LogP contribution >= 0.6 is 0 Å². The summed E-state index contributed by atoms with van der Waals surface area (Å²) in [6, 6.07) is 0. The van der Waals surface area contributed by atoms with Gasteiger partial charge in [0.25, 0.3) is 0 Å². The monoisotopic (exact) mass is 211 g/mol. The Labute approximate surface area is 96.2 Å². The minimum atomic E-state index is 0.781. The predicted octanol–water partition coefficient (Wildman–Crippen LogP) is 4.08. The van der Waals surface area contributed by atoms with Crippen LogP contribution < -0.4 is 0 Å². The lowest BCUT2D eigenvalue weighted by molar-refractivity contribution is 0.160. The van der Waals surface area contributed by atoms with E-state index in [2.05, 4.69) is 11.9 Å². The van der Waals surface area contributed by atoms with Gasteiger partial charge < -0.3 is 4.90 Å². The third kappa shape index (κ3) is 3.79. The molecule has 1 nitrogen and oxygen atoms in total. The molecule has 0 aromatic heterocycles. The molecule has 2 rings (SSSR count). The molecule has 1 aliphatic carbocycles. The fraction of sp³-hybridized carbons (Fsp3) is 1.00. The number of likely N-dealkylation sites (tertiary alicyclic amines) is 1. The maximum atomic E-state index is 2.52. The standard InChI is InChI=1S/C12H23N.C2H6/c1-13-10-5-8-12(9-11-13)6-3-2-4-7-12;1-2/h2-11H2,1H3;1-2H3. The van der Waals surface area contributed by atoms with E-state index in [1.165, 1.54) is 64.5 Å². The van der Waals surface area contributed by atoms with Crippen molar-refractivity contribution in [2.24, 2.45) is 5.41 Å². The second kappa shape index (κ2) is 6.52. The zero-order chi connectivity index (χ0) is 11.1. The van der Waals surface area contributed by atoms with Crippen LogP contribution in [0.25, 0.3) is 0 Å². The molecule has 2 fully saturated rings. The van der Waals surface area contributed by atoms with E-state index in [0.717, 1.165) is 5.41 Å². The van der Waals surface area contributed by atoms with Gasteiger partial charge in [0.15, 0.2) is 0 Å². The van der Waals surface area contributed by atoms with Crippen molar-refractivity contribution in [3.05, 3.63) is 0 Å². The molecule has 1 spiro atoms. The van der Waals surface area contributed by atoms with E-state index in [-0.39, 0.29) is 0 Å². The largest absolute Gasteiger partial charge is 0.306 e. The summed E-state index contributed by atoms with van der Waals surface area (Å²) in [5.41, 5.74) is 0.781. The van der Waals surface area contributed by atoms with Crippen molar-refractivity contribution >= 4 is 0 Å². The first kappa shape index (κ1) is 13.0. The molecular formula is C14H29N. The van der Waals surface area contributed by atoms with Crippen LogP contribution in [0.1, 0.15) is 65.2 Å². The molecule has 2 aliphatic rings. The summed E-state index contributed by atoms with van der Waals surface area (Å²) in [6.07, 6.45) is 12.0. The Morgan fingerprint density at radius 3 is 2.00 bits per heavy atom. The van der Waals surface area contributed by atoms with Crippen LogP contribution in [0.3, 0.4) is 0 Å². The van der Waals surface area contributed by atoms with E-state index in [1.54, 1.807) is 0 Å². The molecular weight excluding hydrogens is 182 g/mol. The van der Waals surface area contributed by atoms with E-state index in [1.807, 2.05) is 13.8 Å². The second-order valence-electron chi connectivity index (χ2n) is 5.22. The van der Waals surface area contributed by atoms with E-state index in [4.69, 9.17) is 0 Å². The first-order valence-corrected chi connectivity index (χ1v) is 6.99. The van der Waals surface area contributed by atoms with Crippen molar-refractivity contribution in [2.45, 2.75) is 65.2 Å². The van der Waals surface area contributed by atoms with Crippen molar-refractivity contribution in [1.82, 2.24) is 4.90 Å². The lowest BCUT2D eigenvalue weighted by Crippen LogP contribution is -2.26. The van der Waals surface area contributed by atoms with Gasteiger partial charge in [0, 0.05) is 0 Å². The zero-order valence-corrected chi connectivity index (χ0v) is 11.0. The van der Waals surface area contributed by atoms with Gasteiger partial charge in [0.05, 0.1) is 0 Å². The maximum Gasteiger partial charge on any atom is -0.00165 e. The van der Waals surface area contributed by atoms with Crippen molar-refractivity contribution < 1.29 is 0 Å². The Kier molecular flexibility index (Phi) is 5.66. The Hall–Kier alpha value is -0.0400. The third-order valence-electron chi connectivity index (χ3n) is 4.19. The number of hydrogen-bond donors (Lipinski definition) is 0. The number of hydrogen-bond acceptors (Lipinski definition) is 1. The van der Waals surface area contributed by atoms with Gasteiger partial charge in [0.2, 0.25) is 0 Å². The molecule has 1 heterocycles. The summed E-state index contributed by atoms with van der Waals surface area (Å²) in [5, 5.41) is 0. The predicted molar refractivity (Wildman–Crippen MR) is 68.2 cm³/mol. The average Bonchev–Trinajstić information content (AvgIpc) is 2.46. The first-order chi connectivity index (χ1) is 7.31. The highest BCUT2D eigenvalue weighted by atomic mass is 15.1. The fourth-order valence-corrected chi connectivity index (χ4v) is 3.19. The van der Waals surface area contributed by atoms with Gasteiger partial charge in [-0.2, -0.15) is 0 Å². The van der Waals surface area contributed by atoms with Crippen LogP contribution in [-0.4, -0.2) is 25.0 Å². The van der Waals surface area contributed by atoms with E-state index < -0.39 is 0 Å². The van der Waals surface area contributed by atoms with E-state index in [9.17, 15) is 0 Å². The normalized spacial score (nSPS) is 26.6. The van der Waals surface area contributed by atoms with Crippen molar-refractivity contribution in [3.63, 3.8) is 0 Å². The topological polar surface area (TPSA) is 3.24 Å². The average molecular weight is 211 g/mol. The van der Waals surface area contributed by atoms with Crippen LogP contribution in [0, 0.1) is 5.41 Å². The highest BCUT2D eigenvalue weighted by molar-refractivity contribution is 4.85. The molecule has 0 atom stereocenters. The molecule has 0 radical (unpaired) electrons. The van der Waals surface area contributed by atoms with Gasteiger partial charge in [0.1, 0.15) is 0 Å². The lowest BCUT2D eigenvalue weighted by atomic mass is 9.69. The Morgan fingerprint density at radius 2 is 1.33 bits per heavy atom. The molecule has 1 saturated heterocycles. The Morgan fingerprint density at radius 1 is 0.733 bits per heavy atom. The van der Waals surface area contributed by atoms with E-state index in [0.29, 0.717) is 0 Å². The summed E-state index contributed by atoms with van der Waals surface area (Å²) in [4.78, 5) is 2.52. The molecule has 90 valence electrons. The van der Waals surface area contributed by atoms with Gasteiger partial charge in [-0.05, 0) is 57.7 Å². The molecule has 0 amide bonds. The first-order valence-electron chi connectivity index (χ1n) is 6.99. The second-order valence-corrected chi connectivity index (χ2v) is 5.22. The van der Waals surface area contributed by atoms with Crippen LogP contribution in [0.15, 0.2) is 0 Å². The highest BCUT2D eigenvalue weighted by Crippen LogP contribution is 2.44. The summed E-state index contributed by atoms with van der Waals surface area (Å²) in [7, 11) is 2.28. The number of rotatable bonds is 0. The zero-order valence-electron chi connectivity index (χ0n) is 11.0. The molecule has 1 aliphatic heterocycles. The van der Waals surface area contributed by atoms with Crippen molar-refractivity contribution in [1.29, 1.82) is 0 Å². The van der Waals surface area contributed by atoms with Crippen LogP contribution in [-0.2, 0) is 0 Å². The van der Waals surface area contributed by atoms with Gasteiger partial charge >= 0.3 is 0 Å². The molecule has 0 aromatic carbocycles. The van der Waals surface area contributed by atoms with Crippen LogP contribution in [0.2, 0.25) is 0 Å². The quantitative estimate of drug-likeness (QED) is 0.583. The minimum Gasteiger partial charge on any atom is -0.306 e. The molecule has 0 unspecified atom stereocenters. The van der Waals surface area contributed by atoms with Crippen LogP contribution in [0.5, 0.6) is 0 Å². The van der Waals surface area contributed by atoms with E-state index >= 15 is 0 Å². The maximum absolute atomic E-state index is 2.52. The summed E-state index contributed by atoms with van der Waals surface area (Å²) in [5.74, 6) is 0. The SMILES string of the molecule is CC.CN1CCCC2(CCCCC2)CC1. The third-order valence-corrected chi connectivity index (χ3v) is 4.19. The Bertz CT molecular complexity index is 159. The van der Waals surface area contributed by atoms with Gasteiger partial charge in [-0.15, -0.1) is 0 Å². The lowest BCUT2D eigenvalue weighted by Gasteiger charge is -2.36. The number of nitrogens with zero attached hydrogens (tertiary/aromatic N) is 1. The van der Waals surface area contributed by atoms with Gasteiger partial charge in [-0.25, -0.2) is 0 Å². The van der Waals surface area contributed by atoms with Crippen molar-refractivity contribution in [2.75, 3.05) is 20.1 Å². The van der Waals surface area contributed by atoms with Gasteiger partial charge in [-0.3, -0.25) is 0 Å². The molecule has 15 heavy (non-hydrogen) atoms. The summed E-state index contributed by atoms with van der Waals surface area (Å²) in [6.45, 7) is 6.68. The molecule has 0 aromatic rings. The summed E-state index contributed by atoms with van der Waals surface area (Å²) < 4.78 is 0. The molecule has 0 N–H and O–H groups in total. The minimum absolute atomic E-state index is 0.781. The highest BCUT2D eigenvalue weighted by Gasteiger charge is 2.32. The summed E-state index contributed by atoms with van der Waals surface area (Å²) >= 11 is 0. The van der Waals surface area contributed by atoms with Crippen LogP contribution in [0.4, 0.5) is 0 Å². The molecule has 0 bridgehead atoms. The fourth-order valence-electron chi connectivity index (χ4n) is 3.19. The Balaban J connectivity index is 0.000000531. The van der Waals surface area contributed by atoms with Gasteiger partial charge in [-0.1, -0.05) is 33.1 Å².